The zero-order chi connectivity index (χ0) is 30.5. The van der Waals surface area contributed by atoms with E-state index in [4.69, 9.17) is 14.6 Å². The lowest BCUT2D eigenvalue weighted by atomic mass is 10.1. The number of para-hydroxylation sites is 1. The molecule has 2 aromatic carbocycles. The molecule has 2 atom stereocenters. The molecule has 0 fully saturated rings. The maximum atomic E-state index is 12.9. The highest BCUT2D eigenvalue weighted by molar-refractivity contribution is 5.98. The molecule has 0 radical (unpaired) electrons. The van der Waals surface area contributed by atoms with Gasteiger partial charge in [-0.3, -0.25) is 24.1 Å². The molecule has 1 aliphatic rings. The number of hydrogen-bond acceptors (Lipinski definition) is 9. The number of ether oxygens (including phenoxy) is 1. The third kappa shape index (κ3) is 9.38. The Morgan fingerprint density at radius 1 is 1.12 bits per heavy atom. The van der Waals surface area contributed by atoms with E-state index in [1.807, 2.05) is 42.2 Å². The molecule has 4 rings (SSSR count). The highest BCUT2D eigenvalue weighted by Crippen LogP contribution is 2.20. The van der Waals surface area contributed by atoms with Crippen molar-refractivity contribution in [2.24, 2.45) is 0 Å². The van der Waals surface area contributed by atoms with E-state index >= 15 is 0 Å². The van der Waals surface area contributed by atoms with Crippen molar-refractivity contribution in [2.45, 2.75) is 32.5 Å². The fourth-order valence-corrected chi connectivity index (χ4v) is 4.11. The zero-order valence-electron chi connectivity index (χ0n) is 23.4. The third-order valence-corrected chi connectivity index (χ3v) is 6.23. The molecule has 14 heteroatoms. The number of fused-ring (bicyclic) bond motifs is 2. The second kappa shape index (κ2) is 15.8. The molecule has 3 aromatic rings. The molecule has 3 amide bonds. The lowest BCUT2D eigenvalue weighted by Gasteiger charge is -2.23. The van der Waals surface area contributed by atoms with Gasteiger partial charge in [0, 0.05) is 25.2 Å². The molecule has 224 valence electrons. The minimum atomic E-state index is -1.17. The molecule has 14 nitrogen and oxygen atoms in total. The summed E-state index contributed by atoms with van der Waals surface area (Å²) in [5.74, 6) is -0.774. The van der Waals surface area contributed by atoms with E-state index < -0.39 is 24.0 Å². The van der Waals surface area contributed by atoms with Crippen LogP contribution in [0.15, 0.2) is 54.7 Å². The Hall–Kier alpha value is -4.82. The molecule has 0 saturated carbocycles. The predicted octanol–water partition coefficient (Wildman–Crippen LogP) is -0.117. The highest BCUT2D eigenvalue weighted by atomic mass is 16.5. The zero-order valence-corrected chi connectivity index (χ0v) is 23.4. The first-order chi connectivity index (χ1) is 20.2. The van der Waals surface area contributed by atoms with Crippen molar-refractivity contribution >= 4 is 24.2 Å². The van der Waals surface area contributed by atoms with Crippen LogP contribution in [0.1, 0.15) is 28.5 Å². The van der Waals surface area contributed by atoms with Gasteiger partial charge in [0.1, 0.15) is 18.4 Å². The minimum Gasteiger partial charge on any atom is -0.491 e. The summed E-state index contributed by atoms with van der Waals surface area (Å²) < 4.78 is 7.46. The van der Waals surface area contributed by atoms with Crippen LogP contribution in [0.3, 0.4) is 0 Å². The van der Waals surface area contributed by atoms with Crippen LogP contribution in [0.5, 0.6) is 5.75 Å². The van der Waals surface area contributed by atoms with Crippen LogP contribution in [-0.4, -0.2) is 99.2 Å². The number of hydrogen-bond donors (Lipinski definition) is 5. The van der Waals surface area contributed by atoms with Gasteiger partial charge in [0.15, 0.2) is 0 Å². The van der Waals surface area contributed by atoms with Crippen LogP contribution in [0.2, 0.25) is 0 Å². The van der Waals surface area contributed by atoms with Gasteiger partial charge in [-0.05, 0) is 43.7 Å². The second-order valence-corrected chi connectivity index (χ2v) is 9.47. The van der Waals surface area contributed by atoms with Crippen molar-refractivity contribution < 1.29 is 34.1 Å². The van der Waals surface area contributed by atoms with Crippen LogP contribution < -0.4 is 20.7 Å². The van der Waals surface area contributed by atoms with Crippen LogP contribution in [0, 0.1) is 6.92 Å². The summed E-state index contributed by atoms with van der Waals surface area (Å²) in [5.41, 5.74) is 2.61. The highest BCUT2D eigenvalue weighted by Gasteiger charge is 2.26. The monoisotopic (exact) mass is 581 g/mol. The van der Waals surface area contributed by atoms with Crippen molar-refractivity contribution in [1.29, 1.82) is 0 Å². The summed E-state index contributed by atoms with van der Waals surface area (Å²) in [6.07, 6.45) is 0.657. The van der Waals surface area contributed by atoms with E-state index in [0.717, 1.165) is 11.3 Å². The number of benzene rings is 2. The van der Waals surface area contributed by atoms with Crippen molar-refractivity contribution in [1.82, 2.24) is 35.8 Å². The lowest BCUT2D eigenvalue weighted by molar-refractivity contribution is -0.125. The van der Waals surface area contributed by atoms with Crippen LogP contribution in [-0.2, 0) is 20.9 Å². The number of aryl methyl sites for hydroxylation is 1. The predicted molar refractivity (Wildman–Crippen MR) is 151 cm³/mol. The summed E-state index contributed by atoms with van der Waals surface area (Å²) in [5, 5.41) is 33.7. The average Bonchev–Trinajstić information content (AvgIpc) is 3.43. The number of rotatable bonds is 4. The molecule has 1 aliphatic heterocycles. The van der Waals surface area contributed by atoms with Gasteiger partial charge in [0.25, 0.3) is 12.4 Å². The third-order valence-electron chi connectivity index (χ3n) is 6.23. The Morgan fingerprint density at radius 3 is 2.57 bits per heavy atom. The van der Waals surface area contributed by atoms with Gasteiger partial charge in [-0.2, -0.15) is 0 Å². The van der Waals surface area contributed by atoms with Crippen molar-refractivity contribution in [3.8, 4) is 11.4 Å². The Labute approximate surface area is 242 Å². The lowest BCUT2D eigenvalue weighted by Crippen LogP contribution is -2.53. The number of aromatic nitrogens is 3. The summed E-state index contributed by atoms with van der Waals surface area (Å²) in [4.78, 5) is 48.7. The van der Waals surface area contributed by atoms with Crippen molar-refractivity contribution in [2.75, 3.05) is 32.8 Å². The summed E-state index contributed by atoms with van der Waals surface area (Å²) in [6.45, 7) is 4.36. The van der Waals surface area contributed by atoms with Gasteiger partial charge in [-0.15, -0.1) is 5.10 Å². The van der Waals surface area contributed by atoms with Crippen LogP contribution >= 0.6 is 0 Å². The first kappa shape index (κ1) is 31.7. The first-order valence-corrected chi connectivity index (χ1v) is 13.3. The number of amides is 3. The van der Waals surface area contributed by atoms with E-state index in [2.05, 4.69) is 26.3 Å². The Kier molecular flexibility index (Phi) is 12.0. The van der Waals surface area contributed by atoms with E-state index in [0.29, 0.717) is 24.5 Å². The van der Waals surface area contributed by atoms with Crippen molar-refractivity contribution in [3.05, 3.63) is 71.5 Å². The smallest absolute Gasteiger partial charge is 0.290 e. The van der Waals surface area contributed by atoms with Gasteiger partial charge in [0.2, 0.25) is 11.8 Å². The van der Waals surface area contributed by atoms with Gasteiger partial charge in [0.05, 0.1) is 36.8 Å². The molecule has 0 aliphatic carbocycles. The SMILES string of the molecule is Cc1ccc2cc1OCCNC(=O)CN(Cc1cn(-c3ccccc3)nn1)CCNC(=O)[C@H]([C@@H](C)O)NC2=O.O=CO. The number of carboxylic acid groups (broad SMARTS) is 1. The minimum absolute atomic E-state index is 0.0547. The molecule has 5 N–H and O–H groups in total. The molecule has 42 heavy (non-hydrogen) atoms. The van der Waals surface area contributed by atoms with Crippen LogP contribution in [0.4, 0.5) is 0 Å². The van der Waals surface area contributed by atoms with E-state index in [-0.39, 0.29) is 44.2 Å². The Balaban J connectivity index is 0.00000155. The molecule has 2 heterocycles. The van der Waals surface area contributed by atoms with Gasteiger partial charge in [-0.1, -0.05) is 29.5 Å². The number of carbonyl (C=O) groups is 4. The molecule has 2 bridgehead atoms. The summed E-state index contributed by atoms with van der Waals surface area (Å²) >= 11 is 0. The summed E-state index contributed by atoms with van der Waals surface area (Å²) in [6, 6.07) is 13.3. The average molecular weight is 582 g/mol. The molecular weight excluding hydrogens is 546 g/mol. The molecule has 0 unspecified atom stereocenters. The Morgan fingerprint density at radius 2 is 1.86 bits per heavy atom. The summed E-state index contributed by atoms with van der Waals surface area (Å²) in [7, 11) is 0. The number of aliphatic hydroxyl groups is 1. The molecule has 0 saturated heterocycles. The van der Waals surface area contributed by atoms with E-state index in [1.54, 1.807) is 29.1 Å². The topological polar surface area (TPSA) is 188 Å². The number of nitrogens with one attached hydrogen (secondary N) is 3. The molecular formula is C28H35N7O7. The number of nitrogens with zero attached hydrogens (tertiary/aromatic N) is 4. The van der Waals surface area contributed by atoms with E-state index in [9.17, 15) is 19.5 Å². The maximum Gasteiger partial charge on any atom is 0.290 e. The fraction of sp³-hybridized carbons (Fsp3) is 0.357. The number of carbonyl (C=O) groups excluding carboxylic acids is 3. The van der Waals surface area contributed by atoms with E-state index in [1.165, 1.54) is 6.92 Å². The van der Waals surface area contributed by atoms with Gasteiger partial charge in [-0.25, -0.2) is 4.68 Å². The van der Waals surface area contributed by atoms with Gasteiger partial charge >= 0.3 is 0 Å². The largest absolute Gasteiger partial charge is 0.491 e. The van der Waals surface area contributed by atoms with Crippen molar-refractivity contribution in [3.63, 3.8) is 0 Å². The Bertz CT molecular complexity index is 1350. The quantitative estimate of drug-likeness (QED) is 0.260. The first-order valence-electron chi connectivity index (χ1n) is 13.3. The fourth-order valence-electron chi connectivity index (χ4n) is 4.11. The molecule has 1 aromatic heterocycles. The number of aliphatic hydroxyl groups excluding tert-OH is 1. The normalized spacial score (nSPS) is 17.7. The second-order valence-electron chi connectivity index (χ2n) is 9.47. The van der Waals surface area contributed by atoms with Crippen LogP contribution in [0.25, 0.3) is 5.69 Å². The molecule has 0 spiro atoms. The maximum absolute atomic E-state index is 12.9. The standard InChI is InChI=1S/C27H33N7O5.CH2O2/c1-18-8-9-20-14-23(18)39-13-11-28-24(36)17-33(12-10-29-27(38)25(19(2)35)30-26(20)37)15-21-16-34(32-31-21)22-6-4-3-5-7-22;2-1-3/h3-9,14,16,19,25,35H,10-13,15,17H2,1-2H3,(H,28,36)(H,29,38)(H,30,37);1H,(H,2,3)/t19-,25+;/m1./s1. The van der Waals surface area contributed by atoms with Gasteiger partial charge < -0.3 is 30.9 Å².